The van der Waals surface area contributed by atoms with Crippen molar-refractivity contribution in [2.45, 2.75) is 33.2 Å². The zero-order valence-corrected chi connectivity index (χ0v) is 18.9. The Balaban J connectivity index is 1.54. The number of hydrogen-bond acceptors (Lipinski definition) is 5. The van der Waals surface area contributed by atoms with Gasteiger partial charge in [-0.15, -0.1) is 11.3 Å². The molecule has 1 aromatic carbocycles. The van der Waals surface area contributed by atoms with E-state index in [-0.39, 0.29) is 24.1 Å². The highest BCUT2D eigenvalue weighted by Gasteiger charge is 2.16. The van der Waals surface area contributed by atoms with Gasteiger partial charge in [-0.3, -0.25) is 9.69 Å². The van der Waals surface area contributed by atoms with Crippen molar-refractivity contribution >= 4 is 34.6 Å². The molecule has 1 saturated heterocycles. The number of nitrogens with one attached hydrogen (secondary N) is 3. The summed E-state index contributed by atoms with van der Waals surface area (Å²) in [6, 6.07) is 5.61. The average molecular weight is 449 g/mol. The molecular weight excluding hydrogens is 419 g/mol. The first-order chi connectivity index (χ1) is 14.8. The van der Waals surface area contributed by atoms with Crippen LogP contribution < -0.4 is 16.0 Å². The molecular formula is C22H29FN4O3S. The lowest BCUT2D eigenvalue weighted by Gasteiger charge is -2.26. The van der Waals surface area contributed by atoms with Gasteiger partial charge in [0.05, 0.1) is 24.9 Å². The van der Waals surface area contributed by atoms with E-state index < -0.39 is 11.8 Å². The van der Waals surface area contributed by atoms with Crippen LogP contribution >= 0.6 is 11.3 Å². The van der Waals surface area contributed by atoms with Crippen LogP contribution in [0.5, 0.6) is 0 Å². The third-order valence-electron chi connectivity index (χ3n) is 5.15. The van der Waals surface area contributed by atoms with E-state index in [1.165, 1.54) is 23.1 Å². The van der Waals surface area contributed by atoms with E-state index >= 15 is 0 Å². The first-order valence-electron chi connectivity index (χ1n) is 10.4. The van der Waals surface area contributed by atoms with E-state index in [0.29, 0.717) is 25.4 Å². The van der Waals surface area contributed by atoms with Crippen LogP contribution in [0, 0.1) is 19.7 Å². The summed E-state index contributed by atoms with van der Waals surface area (Å²) in [6.07, 6.45) is 0.258. The molecule has 0 aliphatic carbocycles. The Bertz CT molecular complexity index is 927. The van der Waals surface area contributed by atoms with E-state index in [9.17, 15) is 14.0 Å². The number of morpholine rings is 1. The third-order valence-corrected chi connectivity index (χ3v) is 6.13. The number of halogens is 1. The van der Waals surface area contributed by atoms with Gasteiger partial charge in [-0.05, 0) is 50.6 Å². The highest BCUT2D eigenvalue weighted by atomic mass is 32.1. The van der Waals surface area contributed by atoms with Crippen LogP contribution in [0.1, 0.15) is 34.7 Å². The Kier molecular flexibility index (Phi) is 8.00. The van der Waals surface area contributed by atoms with Crippen molar-refractivity contribution in [3.63, 3.8) is 0 Å². The lowest BCUT2D eigenvalue weighted by molar-refractivity contribution is -0.116. The van der Waals surface area contributed by atoms with Crippen molar-refractivity contribution in [3.8, 4) is 0 Å². The first-order valence-corrected chi connectivity index (χ1v) is 11.2. The number of anilines is 2. The van der Waals surface area contributed by atoms with E-state index in [0.717, 1.165) is 23.5 Å². The van der Waals surface area contributed by atoms with Crippen LogP contribution in [0.15, 0.2) is 24.3 Å². The fraction of sp³-hybridized carbons (Fsp3) is 0.455. The number of thiophene rings is 1. The van der Waals surface area contributed by atoms with Crippen molar-refractivity contribution in [1.29, 1.82) is 0 Å². The number of rotatable bonds is 7. The van der Waals surface area contributed by atoms with E-state index in [2.05, 4.69) is 26.9 Å². The summed E-state index contributed by atoms with van der Waals surface area (Å²) in [6.45, 7) is 9.47. The Morgan fingerprint density at radius 2 is 1.94 bits per heavy atom. The third kappa shape index (κ3) is 6.75. The molecule has 0 saturated carbocycles. The molecule has 2 heterocycles. The number of carbonyl (C=O) groups is 2. The summed E-state index contributed by atoms with van der Waals surface area (Å²) < 4.78 is 19.5. The number of carbonyl (C=O) groups excluding carboxylic acids is 2. The topological polar surface area (TPSA) is 82.7 Å². The van der Waals surface area contributed by atoms with Crippen molar-refractivity contribution in [3.05, 3.63) is 45.4 Å². The quantitative estimate of drug-likeness (QED) is 0.597. The highest BCUT2D eigenvalue weighted by molar-refractivity contribution is 7.12. The summed E-state index contributed by atoms with van der Waals surface area (Å²) in [4.78, 5) is 29.1. The predicted molar refractivity (Wildman–Crippen MR) is 121 cm³/mol. The predicted octanol–water partition coefficient (Wildman–Crippen LogP) is 4.05. The summed E-state index contributed by atoms with van der Waals surface area (Å²) in [7, 11) is 0. The van der Waals surface area contributed by atoms with Crippen LogP contribution in [0.3, 0.4) is 0 Å². The lowest BCUT2D eigenvalue weighted by Crippen LogP contribution is -2.38. The minimum absolute atomic E-state index is 0.0436. The fourth-order valence-corrected chi connectivity index (χ4v) is 4.54. The van der Waals surface area contributed by atoms with Gasteiger partial charge in [-0.25, -0.2) is 9.18 Å². The normalized spacial score (nSPS) is 15.4. The second-order valence-electron chi connectivity index (χ2n) is 7.64. The maximum Gasteiger partial charge on any atom is 0.319 e. The second kappa shape index (κ2) is 10.7. The van der Waals surface area contributed by atoms with Gasteiger partial charge in [0, 0.05) is 41.5 Å². The lowest BCUT2D eigenvalue weighted by atomic mass is 10.1. The molecule has 1 atom stereocenters. The molecule has 3 amide bonds. The molecule has 0 bridgehead atoms. The largest absolute Gasteiger partial charge is 0.379 e. The summed E-state index contributed by atoms with van der Waals surface area (Å²) in [5, 5.41) is 8.19. The van der Waals surface area contributed by atoms with Gasteiger partial charge in [-0.1, -0.05) is 0 Å². The zero-order chi connectivity index (χ0) is 22.4. The van der Waals surface area contributed by atoms with Gasteiger partial charge in [0.15, 0.2) is 0 Å². The average Bonchev–Trinajstić information content (AvgIpc) is 3.08. The molecule has 1 fully saturated rings. The smallest absolute Gasteiger partial charge is 0.319 e. The molecule has 3 N–H and O–H groups in total. The van der Waals surface area contributed by atoms with Crippen molar-refractivity contribution in [2.75, 3.05) is 43.5 Å². The summed E-state index contributed by atoms with van der Waals surface area (Å²) in [5.74, 6) is -0.827. The Hall–Kier alpha value is -2.49. The van der Waals surface area contributed by atoms with Crippen LogP contribution in [0.4, 0.5) is 20.6 Å². The Labute approximate surface area is 186 Å². The number of benzene rings is 1. The molecule has 1 aliphatic rings. The van der Waals surface area contributed by atoms with E-state index in [1.807, 2.05) is 20.8 Å². The van der Waals surface area contributed by atoms with Crippen LogP contribution in [-0.4, -0.2) is 49.7 Å². The van der Waals surface area contributed by atoms with Gasteiger partial charge in [-0.2, -0.15) is 0 Å². The molecule has 31 heavy (non-hydrogen) atoms. The minimum atomic E-state index is -0.552. The number of urea groups is 1. The fourth-order valence-electron chi connectivity index (χ4n) is 3.52. The van der Waals surface area contributed by atoms with Gasteiger partial charge in [0.1, 0.15) is 5.82 Å². The summed E-state index contributed by atoms with van der Waals surface area (Å²) >= 11 is 1.69. The molecule has 0 spiro atoms. The van der Waals surface area contributed by atoms with Crippen LogP contribution in [0.2, 0.25) is 0 Å². The Morgan fingerprint density at radius 1 is 1.19 bits per heavy atom. The number of aryl methyl sites for hydroxylation is 2. The van der Waals surface area contributed by atoms with Crippen LogP contribution in [0.25, 0.3) is 0 Å². The molecule has 1 aliphatic heterocycles. The van der Waals surface area contributed by atoms with E-state index in [4.69, 9.17) is 4.74 Å². The number of nitrogens with zero attached hydrogens (tertiary/aromatic N) is 1. The number of hydrogen-bond donors (Lipinski definition) is 3. The molecule has 2 aromatic rings. The molecule has 0 radical (unpaired) electrons. The van der Waals surface area contributed by atoms with Crippen LogP contribution in [-0.2, 0) is 9.53 Å². The molecule has 0 unspecified atom stereocenters. The monoisotopic (exact) mass is 448 g/mol. The number of ether oxygens (including phenoxy) is 1. The Morgan fingerprint density at radius 3 is 2.61 bits per heavy atom. The molecule has 9 heteroatoms. The standard InChI is InChI=1S/C22H29FN4O3S/c1-14-12-18(16(3)31-14)15(2)24-22(29)25-17-4-5-19(23)20(13-17)26-21(28)6-7-27-8-10-30-11-9-27/h4-5,12-13,15H,6-11H2,1-3H3,(H,26,28)(H2,24,25,29)/t15-/m0/s1. The number of amides is 3. The maximum atomic E-state index is 14.2. The van der Waals surface area contributed by atoms with Gasteiger partial charge < -0.3 is 20.7 Å². The second-order valence-corrected chi connectivity index (χ2v) is 9.10. The molecule has 7 nitrogen and oxygen atoms in total. The van der Waals surface area contributed by atoms with E-state index in [1.54, 1.807) is 11.3 Å². The summed E-state index contributed by atoms with van der Waals surface area (Å²) in [5.41, 5.74) is 1.51. The highest BCUT2D eigenvalue weighted by Crippen LogP contribution is 2.26. The van der Waals surface area contributed by atoms with Gasteiger partial charge in [0.2, 0.25) is 5.91 Å². The van der Waals surface area contributed by atoms with Crippen molar-refractivity contribution in [2.24, 2.45) is 0 Å². The SMILES string of the molecule is Cc1cc([C@H](C)NC(=O)Nc2ccc(F)c(NC(=O)CCN3CCOCC3)c2)c(C)s1. The maximum absolute atomic E-state index is 14.2. The molecule has 1 aromatic heterocycles. The van der Waals surface area contributed by atoms with Gasteiger partial charge in [0.25, 0.3) is 0 Å². The first kappa shape index (κ1) is 23.2. The molecule has 168 valence electrons. The van der Waals surface area contributed by atoms with Gasteiger partial charge >= 0.3 is 6.03 Å². The van der Waals surface area contributed by atoms with Crippen molar-refractivity contribution < 1.29 is 18.7 Å². The molecule has 3 rings (SSSR count). The minimum Gasteiger partial charge on any atom is -0.379 e. The zero-order valence-electron chi connectivity index (χ0n) is 18.1. The van der Waals surface area contributed by atoms with Crippen molar-refractivity contribution in [1.82, 2.24) is 10.2 Å².